The molecule has 3 nitrogen and oxygen atoms in total. The summed E-state index contributed by atoms with van der Waals surface area (Å²) >= 11 is 0. The zero-order chi connectivity index (χ0) is 7.40. The molecule has 0 bridgehead atoms. The fraction of sp³-hybridized carbons (Fsp3) is 0.857. The van der Waals surface area contributed by atoms with Gasteiger partial charge < -0.3 is 10.1 Å². The van der Waals surface area contributed by atoms with Crippen molar-refractivity contribution in [3.63, 3.8) is 0 Å². The largest absolute Gasteiger partial charge is 0.369 e. The van der Waals surface area contributed by atoms with Crippen molar-refractivity contribution in [2.45, 2.75) is 19.4 Å². The van der Waals surface area contributed by atoms with E-state index in [9.17, 15) is 4.79 Å². The Kier molecular flexibility index (Phi) is 2.83. The molecule has 0 amide bonds. The van der Waals surface area contributed by atoms with Crippen LogP contribution in [-0.4, -0.2) is 31.6 Å². The molecular weight excluding hydrogens is 130 g/mol. The van der Waals surface area contributed by atoms with Gasteiger partial charge in [0.25, 0.3) is 0 Å². The molecule has 10 heavy (non-hydrogen) atoms. The van der Waals surface area contributed by atoms with Crippen molar-refractivity contribution in [1.29, 1.82) is 0 Å². The summed E-state index contributed by atoms with van der Waals surface area (Å²) in [5.74, 6) is 0.237. The number of rotatable bonds is 2. The van der Waals surface area contributed by atoms with Gasteiger partial charge >= 0.3 is 0 Å². The molecule has 1 aliphatic rings. The van der Waals surface area contributed by atoms with E-state index in [0.29, 0.717) is 19.6 Å². The number of ketones is 1. The van der Waals surface area contributed by atoms with E-state index in [1.807, 2.05) is 6.92 Å². The zero-order valence-corrected chi connectivity index (χ0v) is 6.22. The van der Waals surface area contributed by atoms with Crippen LogP contribution in [0.15, 0.2) is 0 Å². The molecule has 1 unspecified atom stereocenters. The first-order chi connectivity index (χ1) is 4.84. The zero-order valence-electron chi connectivity index (χ0n) is 6.22. The summed E-state index contributed by atoms with van der Waals surface area (Å²) in [5.41, 5.74) is 0. The highest BCUT2D eigenvalue weighted by molar-refractivity contribution is 5.84. The lowest BCUT2D eigenvalue weighted by Crippen LogP contribution is -2.42. The van der Waals surface area contributed by atoms with Gasteiger partial charge in [-0.2, -0.15) is 0 Å². The van der Waals surface area contributed by atoms with E-state index in [4.69, 9.17) is 4.74 Å². The monoisotopic (exact) mass is 143 g/mol. The standard InChI is InChI=1S/C7H13NO2/c1-2-10-7-5-8-4-3-6(7)9/h7-8H,2-5H2,1H3. The van der Waals surface area contributed by atoms with Crippen molar-refractivity contribution in [3.05, 3.63) is 0 Å². The molecule has 0 spiro atoms. The van der Waals surface area contributed by atoms with Crippen LogP contribution in [0.4, 0.5) is 0 Å². The van der Waals surface area contributed by atoms with Crippen LogP contribution >= 0.6 is 0 Å². The van der Waals surface area contributed by atoms with Crippen LogP contribution in [0, 0.1) is 0 Å². The van der Waals surface area contributed by atoms with Gasteiger partial charge in [-0.05, 0) is 6.92 Å². The van der Waals surface area contributed by atoms with Crippen molar-refractivity contribution in [2.75, 3.05) is 19.7 Å². The molecule has 1 atom stereocenters. The fourth-order valence-electron chi connectivity index (χ4n) is 1.07. The predicted octanol–water partition coefficient (Wildman–Crippen LogP) is -0.0461. The number of carbonyl (C=O) groups excluding carboxylic acids is 1. The summed E-state index contributed by atoms with van der Waals surface area (Å²) in [6.45, 7) is 4.02. The van der Waals surface area contributed by atoms with Gasteiger partial charge in [-0.25, -0.2) is 0 Å². The molecule has 1 N–H and O–H groups in total. The Morgan fingerprint density at radius 1 is 1.80 bits per heavy atom. The van der Waals surface area contributed by atoms with Crippen LogP contribution in [0.3, 0.4) is 0 Å². The lowest BCUT2D eigenvalue weighted by Gasteiger charge is -2.20. The van der Waals surface area contributed by atoms with Crippen LogP contribution in [-0.2, 0) is 9.53 Å². The van der Waals surface area contributed by atoms with Crippen molar-refractivity contribution >= 4 is 5.78 Å². The summed E-state index contributed by atoms with van der Waals surface area (Å²) in [6.07, 6.45) is 0.434. The highest BCUT2D eigenvalue weighted by Crippen LogP contribution is 2.00. The SMILES string of the molecule is CCOC1CNCCC1=O. The second-order valence-corrected chi connectivity index (χ2v) is 2.36. The van der Waals surface area contributed by atoms with E-state index in [1.165, 1.54) is 0 Å². The maximum Gasteiger partial charge on any atom is 0.164 e. The van der Waals surface area contributed by atoms with E-state index >= 15 is 0 Å². The van der Waals surface area contributed by atoms with E-state index in [-0.39, 0.29) is 11.9 Å². The lowest BCUT2D eigenvalue weighted by molar-refractivity contribution is -0.131. The Bertz CT molecular complexity index is 123. The molecular formula is C7H13NO2. The number of piperidine rings is 1. The molecule has 0 radical (unpaired) electrons. The van der Waals surface area contributed by atoms with E-state index in [0.717, 1.165) is 6.54 Å². The number of hydrogen-bond donors (Lipinski definition) is 1. The molecule has 1 heterocycles. The van der Waals surface area contributed by atoms with E-state index in [2.05, 4.69) is 5.32 Å². The minimum Gasteiger partial charge on any atom is -0.369 e. The Morgan fingerprint density at radius 3 is 3.20 bits per heavy atom. The summed E-state index contributed by atoms with van der Waals surface area (Å²) < 4.78 is 5.18. The van der Waals surface area contributed by atoms with E-state index < -0.39 is 0 Å². The van der Waals surface area contributed by atoms with Gasteiger partial charge in [0.2, 0.25) is 0 Å². The molecule has 0 aromatic rings. The molecule has 0 aromatic heterocycles. The lowest BCUT2D eigenvalue weighted by atomic mass is 10.1. The number of ether oxygens (including phenoxy) is 1. The first kappa shape index (κ1) is 7.69. The fourth-order valence-corrected chi connectivity index (χ4v) is 1.07. The van der Waals surface area contributed by atoms with Crippen LogP contribution in [0.5, 0.6) is 0 Å². The van der Waals surface area contributed by atoms with Gasteiger partial charge in [0.05, 0.1) is 0 Å². The van der Waals surface area contributed by atoms with Gasteiger partial charge in [-0.15, -0.1) is 0 Å². The molecule has 0 aromatic carbocycles. The molecule has 1 rings (SSSR count). The first-order valence-electron chi connectivity index (χ1n) is 3.69. The molecule has 1 saturated heterocycles. The van der Waals surface area contributed by atoms with Crippen LogP contribution in [0.25, 0.3) is 0 Å². The molecule has 58 valence electrons. The quantitative estimate of drug-likeness (QED) is 0.589. The predicted molar refractivity (Wildman–Crippen MR) is 37.9 cm³/mol. The average molecular weight is 143 g/mol. The molecule has 1 fully saturated rings. The van der Waals surface area contributed by atoms with Crippen LogP contribution in [0.2, 0.25) is 0 Å². The third kappa shape index (κ3) is 1.78. The summed E-state index contributed by atoms with van der Waals surface area (Å²) in [6, 6.07) is 0. The average Bonchev–Trinajstić information content (AvgIpc) is 1.94. The van der Waals surface area contributed by atoms with Crippen molar-refractivity contribution in [2.24, 2.45) is 0 Å². The molecule has 1 aliphatic heterocycles. The third-order valence-electron chi connectivity index (χ3n) is 1.60. The van der Waals surface area contributed by atoms with Crippen LogP contribution < -0.4 is 5.32 Å². The summed E-state index contributed by atoms with van der Waals surface area (Å²) in [5, 5.41) is 3.10. The maximum atomic E-state index is 11.0. The molecule has 3 heteroatoms. The normalized spacial score (nSPS) is 26.9. The van der Waals surface area contributed by atoms with Gasteiger partial charge in [0.1, 0.15) is 6.10 Å². The van der Waals surface area contributed by atoms with Gasteiger partial charge in [-0.1, -0.05) is 0 Å². The number of hydrogen-bond acceptors (Lipinski definition) is 3. The number of nitrogens with one attached hydrogen (secondary N) is 1. The summed E-state index contributed by atoms with van der Waals surface area (Å²) in [7, 11) is 0. The molecule has 0 saturated carbocycles. The Balaban J connectivity index is 2.32. The first-order valence-corrected chi connectivity index (χ1v) is 3.69. The van der Waals surface area contributed by atoms with Gasteiger partial charge in [0.15, 0.2) is 5.78 Å². The highest BCUT2D eigenvalue weighted by atomic mass is 16.5. The van der Waals surface area contributed by atoms with E-state index in [1.54, 1.807) is 0 Å². The van der Waals surface area contributed by atoms with Gasteiger partial charge in [0, 0.05) is 26.1 Å². The Morgan fingerprint density at radius 2 is 2.60 bits per heavy atom. The van der Waals surface area contributed by atoms with Crippen molar-refractivity contribution in [1.82, 2.24) is 5.32 Å². The Hall–Kier alpha value is -0.410. The van der Waals surface area contributed by atoms with Crippen LogP contribution in [0.1, 0.15) is 13.3 Å². The van der Waals surface area contributed by atoms with Gasteiger partial charge in [-0.3, -0.25) is 4.79 Å². The maximum absolute atomic E-state index is 11.0. The summed E-state index contributed by atoms with van der Waals surface area (Å²) in [4.78, 5) is 11.0. The number of carbonyl (C=O) groups is 1. The number of Topliss-reactive ketones (excluding diaryl/α,β-unsaturated/α-hetero) is 1. The second kappa shape index (κ2) is 3.68. The Labute approximate surface area is 60.7 Å². The molecule has 0 aliphatic carbocycles. The third-order valence-corrected chi connectivity index (χ3v) is 1.60. The smallest absolute Gasteiger partial charge is 0.164 e. The second-order valence-electron chi connectivity index (χ2n) is 2.36. The minimum atomic E-state index is -0.182. The topological polar surface area (TPSA) is 38.3 Å². The van der Waals surface area contributed by atoms with Crippen molar-refractivity contribution in [3.8, 4) is 0 Å². The highest BCUT2D eigenvalue weighted by Gasteiger charge is 2.21. The van der Waals surface area contributed by atoms with Crippen molar-refractivity contribution < 1.29 is 9.53 Å². The minimum absolute atomic E-state index is 0.182.